The third-order valence-corrected chi connectivity index (χ3v) is 4.10. The first kappa shape index (κ1) is 14.9. The summed E-state index contributed by atoms with van der Waals surface area (Å²) in [4.78, 5) is 5.01. The van der Waals surface area contributed by atoms with Gasteiger partial charge in [-0.3, -0.25) is 4.90 Å². The van der Waals surface area contributed by atoms with Gasteiger partial charge >= 0.3 is 0 Å². The van der Waals surface area contributed by atoms with Crippen LogP contribution < -0.4 is 0 Å². The van der Waals surface area contributed by atoms with Crippen LogP contribution in [0.1, 0.15) is 47.5 Å². The zero-order chi connectivity index (χ0) is 13.3. The van der Waals surface area contributed by atoms with Crippen LogP contribution in [-0.2, 0) is 0 Å². The van der Waals surface area contributed by atoms with Crippen LogP contribution in [0.15, 0.2) is 0 Å². The summed E-state index contributed by atoms with van der Waals surface area (Å²) in [7, 11) is 2.18. The van der Waals surface area contributed by atoms with E-state index in [1.54, 1.807) is 0 Å². The van der Waals surface area contributed by atoms with Crippen molar-refractivity contribution in [1.82, 2.24) is 9.80 Å². The van der Waals surface area contributed by atoms with Crippen molar-refractivity contribution in [1.29, 1.82) is 0 Å². The van der Waals surface area contributed by atoms with Crippen LogP contribution in [-0.4, -0.2) is 58.8 Å². The van der Waals surface area contributed by atoms with Crippen molar-refractivity contribution in [2.45, 2.75) is 64.6 Å². The maximum atomic E-state index is 9.20. The Morgan fingerprint density at radius 2 is 1.88 bits per heavy atom. The fourth-order valence-electron chi connectivity index (χ4n) is 3.01. The van der Waals surface area contributed by atoms with Crippen LogP contribution in [0.25, 0.3) is 0 Å². The molecule has 1 atom stereocenters. The van der Waals surface area contributed by atoms with Gasteiger partial charge in [0, 0.05) is 30.3 Å². The molecule has 1 unspecified atom stereocenters. The second-order valence-electron chi connectivity index (χ2n) is 6.99. The maximum Gasteiger partial charge on any atom is 0.0446 e. The summed E-state index contributed by atoms with van der Waals surface area (Å²) in [6.45, 7) is 14.0. The summed E-state index contributed by atoms with van der Waals surface area (Å²) in [6.07, 6.45) is 2.06. The lowest BCUT2D eigenvalue weighted by Crippen LogP contribution is -2.55. The molecule has 3 heteroatoms. The highest BCUT2D eigenvalue weighted by Crippen LogP contribution is 2.31. The number of likely N-dealkylation sites (N-methyl/N-ethyl adjacent to an activating group) is 1. The van der Waals surface area contributed by atoms with Crippen LogP contribution >= 0.6 is 0 Å². The highest BCUT2D eigenvalue weighted by atomic mass is 16.3. The fraction of sp³-hybridized carbons (Fsp3) is 1.00. The third kappa shape index (κ3) is 3.67. The van der Waals surface area contributed by atoms with Gasteiger partial charge in [-0.15, -0.1) is 0 Å². The zero-order valence-corrected chi connectivity index (χ0v) is 12.5. The molecule has 0 bridgehead atoms. The van der Waals surface area contributed by atoms with Crippen LogP contribution in [0.2, 0.25) is 0 Å². The quantitative estimate of drug-likeness (QED) is 0.802. The lowest BCUT2D eigenvalue weighted by atomic mass is 9.91. The van der Waals surface area contributed by atoms with Gasteiger partial charge in [0.2, 0.25) is 0 Å². The molecular formula is C14H30N2O. The Labute approximate surface area is 107 Å². The van der Waals surface area contributed by atoms with Gasteiger partial charge in [0.05, 0.1) is 0 Å². The molecule has 102 valence electrons. The van der Waals surface area contributed by atoms with Gasteiger partial charge < -0.3 is 10.0 Å². The van der Waals surface area contributed by atoms with E-state index in [0.717, 1.165) is 19.5 Å². The van der Waals surface area contributed by atoms with Crippen molar-refractivity contribution in [2.24, 2.45) is 0 Å². The molecule has 1 rings (SSSR count). The summed E-state index contributed by atoms with van der Waals surface area (Å²) < 4.78 is 0. The minimum absolute atomic E-state index is 0.183. The van der Waals surface area contributed by atoms with Crippen molar-refractivity contribution >= 4 is 0 Å². The van der Waals surface area contributed by atoms with Gasteiger partial charge in [0.1, 0.15) is 0 Å². The van der Waals surface area contributed by atoms with Crippen LogP contribution in [0.5, 0.6) is 0 Å². The second kappa shape index (κ2) is 5.25. The Balaban J connectivity index is 2.91. The van der Waals surface area contributed by atoms with E-state index in [4.69, 9.17) is 0 Å². The predicted octanol–water partition coefficient (Wildman–Crippen LogP) is 1.95. The molecule has 0 radical (unpaired) electrons. The molecule has 0 saturated carbocycles. The first-order valence-corrected chi connectivity index (χ1v) is 6.77. The summed E-state index contributed by atoms with van der Waals surface area (Å²) in [6, 6.07) is 0.473. The normalized spacial score (nSPS) is 28.1. The SMILES string of the molecule is CN1CCC(C)(C)N(C(C)(C)C)CC1CCO. The van der Waals surface area contributed by atoms with Crippen LogP contribution in [0.4, 0.5) is 0 Å². The van der Waals surface area contributed by atoms with Crippen molar-refractivity contribution in [3.05, 3.63) is 0 Å². The van der Waals surface area contributed by atoms with E-state index >= 15 is 0 Å². The van der Waals surface area contributed by atoms with Crippen LogP contribution in [0.3, 0.4) is 0 Å². The summed E-state index contributed by atoms with van der Waals surface area (Å²) in [5, 5.41) is 9.20. The van der Waals surface area contributed by atoms with Gasteiger partial charge in [0.15, 0.2) is 0 Å². The Morgan fingerprint density at radius 1 is 1.29 bits per heavy atom. The largest absolute Gasteiger partial charge is 0.396 e. The van der Waals surface area contributed by atoms with E-state index < -0.39 is 0 Å². The molecule has 1 heterocycles. The molecular weight excluding hydrogens is 212 g/mol. The molecule has 0 spiro atoms. The molecule has 1 aliphatic rings. The standard InChI is InChI=1S/C14H30N2O/c1-13(2,3)16-11-12(7-10-17)15(6)9-8-14(16,4)5/h12,17H,7-11H2,1-6H3. The second-order valence-corrected chi connectivity index (χ2v) is 6.99. The van der Waals surface area contributed by atoms with E-state index in [2.05, 4.69) is 51.5 Å². The lowest BCUT2D eigenvalue weighted by molar-refractivity contribution is 0.0214. The smallest absolute Gasteiger partial charge is 0.0446 e. The van der Waals surface area contributed by atoms with Crippen molar-refractivity contribution in [2.75, 3.05) is 26.7 Å². The van der Waals surface area contributed by atoms with Crippen LogP contribution in [0, 0.1) is 0 Å². The van der Waals surface area contributed by atoms with E-state index in [-0.39, 0.29) is 17.7 Å². The molecule has 0 aromatic heterocycles. The average molecular weight is 242 g/mol. The molecule has 0 aromatic rings. The third-order valence-electron chi connectivity index (χ3n) is 4.10. The van der Waals surface area contributed by atoms with Crippen molar-refractivity contribution in [3.8, 4) is 0 Å². The first-order valence-electron chi connectivity index (χ1n) is 6.77. The minimum Gasteiger partial charge on any atom is -0.396 e. The van der Waals surface area contributed by atoms with Gasteiger partial charge in [-0.2, -0.15) is 0 Å². The van der Waals surface area contributed by atoms with Gasteiger partial charge in [-0.1, -0.05) is 0 Å². The Bertz CT molecular complexity index is 245. The number of hydrogen-bond donors (Lipinski definition) is 1. The van der Waals surface area contributed by atoms with Gasteiger partial charge in [0.25, 0.3) is 0 Å². The molecule has 0 aliphatic carbocycles. The monoisotopic (exact) mass is 242 g/mol. The van der Waals surface area contributed by atoms with E-state index in [1.807, 2.05) is 0 Å². The zero-order valence-electron chi connectivity index (χ0n) is 12.5. The number of aliphatic hydroxyl groups is 1. The van der Waals surface area contributed by atoms with Gasteiger partial charge in [-0.25, -0.2) is 0 Å². The highest BCUT2D eigenvalue weighted by molar-refractivity contribution is 4.95. The average Bonchev–Trinajstić information content (AvgIpc) is 2.28. The van der Waals surface area contributed by atoms with Crippen molar-refractivity contribution in [3.63, 3.8) is 0 Å². The van der Waals surface area contributed by atoms with E-state index in [9.17, 15) is 5.11 Å². The lowest BCUT2D eigenvalue weighted by Gasteiger charge is -2.47. The molecule has 1 fully saturated rings. The minimum atomic E-state index is 0.183. The summed E-state index contributed by atoms with van der Waals surface area (Å²) in [5.41, 5.74) is 0.416. The van der Waals surface area contributed by atoms with E-state index in [0.29, 0.717) is 6.04 Å². The van der Waals surface area contributed by atoms with E-state index in [1.165, 1.54) is 6.42 Å². The molecule has 0 amide bonds. The molecule has 1 saturated heterocycles. The first-order chi connectivity index (χ1) is 7.68. The van der Waals surface area contributed by atoms with Gasteiger partial charge in [-0.05, 0) is 61.1 Å². The number of hydrogen-bond acceptors (Lipinski definition) is 3. The van der Waals surface area contributed by atoms with Crippen molar-refractivity contribution < 1.29 is 5.11 Å². The molecule has 3 nitrogen and oxygen atoms in total. The number of aliphatic hydroxyl groups excluding tert-OH is 1. The molecule has 1 aliphatic heterocycles. The number of rotatable bonds is 2. The fourth-order valence-corrected chi connectivity index (χ4v) is 3.01. The summed E-state index contributed by atoms with van der Waals surface area (Å²) in [5.74, 6) is 0. The molecule has 17 heavy (non-hydrogen) atoms. The predicted molar refractivity (Wildman–Crippen MR) is 73.3 cm³/mol. The Hall–Kier alpha value is -0.120. The number of nitrogens with zero attached hydrogens (tertiary/aromatic N) is 2. The molecule has 0 aromatic carbocycles. The Kier molecular flexibility index (Phi) is 4.61. The Morgan fingerprint density at radius 3 is 2.35 bits per heavy atom. The molecule has 1 N–H and O–H groups in total. The topological polar surface area (TPSA) is 26.7 Å². The summed E-state index contributed by atoms with van der Waals surface area (Å²) >= 11 is 0. The highest BCUT2D eigenvalue weighted by Gasteiger charge is 2.39. The maximum absolute atomic E-state index is 9.20.